The molecule has 1 heterocycles. The second-order valence-corrected chi connectivity index (χ2v) is 5.57. The highest BCUT2D eigenvalue weighted by Gasteiger charge is 2.29. The molecule has 0 saturated heterocycles. The molecule has 1 aromatic rings. The van der Waals surface area contributed by atoms with E-state index in [-0.39, 0.29) is 19.2 Å². The smallest absolute Gasteiger partial charge is 0.318 e. The molecule has 23 heavy (non-hydrogen) atoms. The van der Waals surface area contributed by atoms with Crippen molar-refractivity contribution in [2.24, 2.45) is 0 Å². The van der Waals surface area contributed by atoms with Crippen molar-refractivity contribution in [3.63, 3.8) is 0 Å². The highest BCUT2D eigenvalue weighted by atomic mass is 19.3. The SMILES string of the molecule is COCCN(CC(F)F)C(=O)N[C@H]1COc2c1ccc(C)c2C. The Bertz CT molecular complexity index is 567. The standard InChI is InChI=1S/C16H22F2N2O3/c1-10-4-5-12-13(9-23-15(12)11(10)2)19-16(21)20(6-7-22-3)8-14(17)18/h4-5,13-14H,6-9H2,1-3H3,(H,19,21)/t13-/m0/s1. The zero-order valence-electron chi connectivity index (χ0n) is 13.6. The average molecular weight is 328 g/mol. The maximum Gasteiger partial charge on any atom is 0.318 e. The highest BCUT2D eigenvalue weighted by molar-refractivity contribution is 5.75. The van der Waals surface area contributed by atoms with Crippen LogP contribution in [0.15, 0.2) is 12.1 Å². The van der Waals surface area contributed by atoms with Gasteiger partial charge in [-0.05, 0) is 25.0 Å². The number of fused-ring (bicyclic) bond motifs is 1. The van der Waals surface area contributed by atoms with Gasteiger partial charge in [0.1, 0.15) is 12.4 Å². The summed E-state index contributed by atoms with van der Waals surface area (Å²) in [4.78, 5) is 13.3. The summed E-state index contributed by atoms with van der Waals surface area (Å²) in [6, 6.07) is 2.99. The molecule has 0 radical (unpaired) electrons. The molecule has 0 bridgehead atoms. The van der Waals surface area contributed by atoms with E-state index in [4.69, 9.17) is 9.47 Å². The molecule has 1 aromatic carbocycles. The predicted molar refractivity (Wildman–Crippen MR) is 82.1 cm³/mol. The Morgan fingerprint density at radius 1 is 1.48 bits per heavy atom. The van der Waals surface area contributed by atoms with Gasteiger partial charge in [0.15, 0.2) is 0 Å². The molecule has 128 valence electrons. The number of alkyl halides is 2. The molecule has 0 spiro atoms. The summed E-state index contributed by atoms with van der Waals surface area (Å²) in [6.07, 6.45) is -2.59. The molecule has 7 heteroatoms. The average Bonchev–Trinajstić information content (AvgIpc) is 2.90. The number of benzene rings is 1. The third-order valence-corrected chi connectivity index (χ3v) is 3.99. The molecular formula is C16H22F2N2O3. The van der Waals surface area contributed by atoms with E-state index in [1.807, 2.05) is 26.0 Å². The van der Waals surface area contributed by atoms with Crippen molar-refractivity contribution in [2.75, 3.05) is 33.4 Å². The van der Waals surface area contributed by atoms with Gasteiger partial charge in [-0.2, -0.15) is 0 Å². The second kappa shape index (κ2) is 7.59. The summed E-state index contributed by atoms with van der Waals surface area (Å²) in [5.74, 6) is 0.771. The van der Waals surface area contributed by atoms with Gasteiger partial charge in [-0.1, -0.05) is 12.1 Å². The Labute approximate surface area is 134 Å². The lowest BCUT2D eigenvalue weighted by atomic mass is 10.0. The van der Waals surface area contributed by atoms with E-state index in [1.165, 1.54) is 7.11 Å². The number of carbonyl (C=O) groups is 1. The number of rotatable bonds is 6. The first-order chi connectivity index (χ1) is 10.9. The van der Waals surface area contributed by atoms with Crippen LogP contribution < -0.4 is 10.1 Å². The Morgan fingerprint density at radius 3 is 2.87 bits per heavy atom. The van der Waals surface area contributed by atoms with Crippen molar-refractivity contribution in [1.29, 1.82) is 0 Å². The quantitative estimate of drug-likeness (QED) is 0.873. The zero-order valence-corrected chi connectivity index (χ0v) is 13.6. The van der Waals surface area contributed by atoms with Gasteiger partial charge in [0.05, 0.1) is 19.2 Å². The fourth-order valence-corrected chi connectivity index (χ4v) is 2.54. The molecule has 0 aliphatic carbocycles. The zero-order chi connectivity index (χ0) is 17.0. The van der Waals surface area contributed by atoms with Gasteiger partial charge in [0, 0.05) is 19.2 Å². The second-order valence-electron chi connectivity index (χ2n) is 5.57. The summed E-state index contributed by atoms with van der Waals surface area (Å²) in [6.45, 7) is 3.94. The number of amides is 2. The van der Waals surface area contributed by atoms with E-state index < -0.39 is 19.0 Å². The Morgan fingerprint density at radius 2 is 2.22 bits per heavy atom. The summed E-state index contributed by atoms with van der Waals surface area (Å²) < 4.78 is 35.8. The van der Waals surface area contributed by atoms with Crippen molar-refractivity contribution in [3.8, 4) is 5.75 Å². The van der Waals surface area contributed by atoms with Crippen molar-refractivity contribution in [2.45, 2.75) is 26.3 Å². The Kier molecular flexibility index (Phi) is 5.76. The van der Waals surface area contributed by atoms with E-state index in [0.29, 0.717) is 6.61 Å². The van der Waals surface area contributed by atoms with Gasteiger partial charge in [-0.15, -0.1) is 0 Å². The molecule has 1 aliphatic heterocycles. The van der Waals surface area contributed by atoms with E-state index in [0.717, 1.165) is 27.3 Å². The Hall–Kier alpha value is -1.89. The molecular weight excluding hydrogens is 306 g/mol. The number of carbonyl (C=O) groups excluding carboxylic acids is 1. The van der Waals surface area contributed by atoms with Crippen LogP contribution >= 0.6 is 0 Å². The summed E-state index contributed by atoms with van der Waals surface area (Å²) in [5, 5.41) is 2.77. The maximum absolute atomic E-state index is 12.6. The number of nitrogens with zero attached hydrogens (tertiary/aromatic N) is 1. The molecule has 5 nitrogen and oxygen atoms in total. The molecule has 1 atom stereocenters. The fourth-order valence-electron chi connectivity index (χ4n) is 2.54. The molecule has 2 rings (SSSR count). The van der Waals surface area contributed by atoms with Gasteiger partial charge < -0.3 is 19.7 Å². The lowest BCUT2D eigenvalue weighted by Crippen LogP contribution is -2.45. The van der Waals surface area contributed by atoms with Crippen LogP contribution in [0.3, 0.4) is 0 Å². The minimum absolute atomic E-state index is 0.111. The maximum atomic E-state index is 12.6. The number of urea groups is 1. The number of hydrogen-bond acceptors (Lipinski definition) is 3. The van der Waals surface area contributed by atoms with E-state index in [2.05, 4.69) is 5.32 Å². The first kappa shape index (κ1) is 17.5. The monoisotopic (exact) mass is 328 g/mol. The third-order valence-electron chi connectivity index (χ3n) is 3.99. The predicted octanol–water partition coefficient (Wildman–Crippen LogP) is 2.66. The molecule has 1 aliphatic rings. The molecule has 0 saturated carbocycles. The lowest BCUT2D eigenvalue weighted by molar-refractivity contribution is 0.0823. The van der Waals surface area contributed by atoms with Crippen molar-refractivity contribution >= 4 is 6.03 Å². The molecule has 0 aromatic heterocycles. The molecule has 0 fully saturated rings. The first-order valence-corrected chi connectivity index (χ1v) is 7.49. The van der Waals surface area contributed by atoms with Gasteiger partial charge in [0.2, 0.25) is 0 Å². The number of ether oxygens (including phenoxy) is 2. The largest absolute Gasteiger partial charge is 0.490 e. The lowest BCUT2D eigenvalue weighted by Gasteiger charge is -2.24. The molecule has 0 unspecified atom stereocenters. The summed E-state index contributed by atoms with van der Waals surface area (Å²) in [5.41, 5.74) is 3.02. The normalized spacial score (nSPS) is 16.2. The number of hydrogen-bond donors (Lipinski definition) is 1. The van der Waals surface area contributed by atoms with Gasteiger partial charge >= 0.3 is 6.03 Å². The van der Waals surface area contributed by atoms with Gasteiger partial charge in [-0.25, -0.2) is 13.6 Å². The minimum Gasteiger partial charge on any atom is -0.490 e. The van der Waals surface area contributed by atoms with E-state index in [9.17, 15) is 13.6 Å². The number of nitrogens with one attached hydrogen (secondary N) is 1. The fraction of sp³-hybridized carbons (Fsp3) is 0.562. The van der Waals surface area contributed by atoms with Crippen molar-refractivity contribution < 1.29 is 23.0 Å². The summed E-state index contributed by atoms with van der Waals surface area (Å²) >= 11 is 0. The number of aryl methyl sites for hydroxylation is 1. The van der Waals surface area contributed by atoms with Crippen LogP contribution in [0.4, 0.5) is 13.6 Å². The first-order valence-electron chi connectivity index (χ1n) is 7.49. The van der Waals surface area contributed by atoms with Crippen LogP contribution in [0.1, 0.15) is 22.7 Å². The summed E-state index contributed by atoms with van der Waals surface area (Å²) in [7, 11) is 1.46. The van der Waals surface area contributed by atoms with Crippen molar-refractivity contribution in [3.05, 3.63) is 28.8 Å². The van der Waals surface area contributed by atoms with Crippen LogP contribution in [0.5, 0.6) is 5.75 Å². The molecule has 2 amide bonds. The van der Waals surface area contributed by atoms with Crippen molar-refractivity contribution in [1.82, 2.24) is 10.2 Å². The molecule has 1 N–H and O–H groups in total. The van der Waals surface area contributed by atoms with Crippen LogP contribution in [0, 0.1) is 13.8 Å². The van der Waals surface area contributed by atoms with E-state index >= 15 is 0 Å². The third kappa shape index (κ3) is 4.10. The van der Waals surface area contributed by atoms with Crippen LogP contribution in [-0.4, -0.2) is 50.8 Å². The Balaban J connectivity index is 2.07. The van der Waals surface area contributed by atoms with Crippen LogP contribution in [0.2, 0.25) is 0 Å². The van der Waals surface area contributed by atoms with Crippen LogP contribution in [-0.2, 0) is 4.74 Å². The van der Waals surface area contributed by atoms with E-state index in [1.54, 1.807) is 0 Å². The van der Waals surface area contributed by atoms with Gasteiger partial charge in [-0.3, -0.25) is 0 Å². The number of halogens is 2. The topological polar surface area (TPSA) is 50.8 Å². The highest BCUT2D eigenvalue weighted by Crippen LogP contribution is 2.36. The van der Waals surface area contributed by atoms with Crippen LogP contribution in [0.25, 0.3) is 0 Å². The van der Waals surface area contributed by atoms with Gasteiger partial charge in [0.25, 0.3) is 6.43 Å². The number of methoxy groups -OCH3 is 1. The minimum atomic E-state index is -2.59.